The molecule has 2 unspecified atom stereocenters. The van der Waals surface area contributed by atoms with Gasteiger partial charge >= 0.3 is 5.97 Å². The Morgan fingerprint density at radius 2 is 2.50 bits per heavy atom. The molecule has 0 aromatic rings. The summed E-state index contributed by atoms with van der Waals surface area (Å²) in [6.07, 6.45) is -0.277. The van der Waals surface area contributed by atoms with Crippen molar-refractivity contribution in [2.75, 3.05) is 13.2 Å². The topological polar surface area (TPSA) is 59.1 Å². The van der Waals surface area contributed by atoms with Crippen LogP contribution in [-0.4, -0.2) is 36.5 Å². The van der Waals surface area contributed by atoms with Crippen LogP contribution in [-0.2, 0) is 14.3 Å². The number of hydrogen-bond acceptors (Lipinski definition) is 3. The molecule has 2 atom stereocenters. The van der Waals surface area contributed by atoms with E-state index in [4.69, 9.17) is 14.6 Å². The number of carboxylic acids is 1. The Morgan fingerprint density at radius 1 is 1.92 bits per heavy atom. The number of carboxylic acid groups (broad SMARTS) is 1. The van der Waals surface area contributed by atoms with Gasteiger partial charge in [0, 0.05) is 0 Å². The molecule has 4 heteroatoms. The summed E-state index contributed by atoms with van der Waals surface area (Å²) in [5, 5.41) is 8.52. The van der Waals surface area contributed by atoms with Gasteiger partial charge in [0.2, 0.25) is 0 Å². The van der Waals surface area contributed by atoms with Crippen molar-refractivity contribution in [2.24, 2.45) is 0 Å². The van der Waals surface area contributed by atoms with Gasteiger partial charge in [-0.15, -0.1) is 0 Å². The zero-order valence-electron chi connectivity index (χ0n) is 6.95. The molecule has 0 saturated carbocycles. The predicted molar refractivity (Wildman–Crippen MR) is 41.9 cm³/mol. The van der Waals surface area contributed by atoms with Crippen LogP contribution in [0.1, 0.15) is 6.92 Å². The quantitative estimate of drug-likeness (QED) is 0.482. The molecule has 1 rings (SSSR count). The van der Waals surface area contributed by atoms with Gasteiger partial charge in [-0.05, 0) is 6.92 Å². The van der Waals surface area contributed by atoms with E-state index in [1.54, 1.807) is 6.92 Å². The zero-order chi connectivity index (χ0) is 9.14. The first kappa shape index (κ1) is 9.22. The molecule has 0 amide bonds. The smallest absolute Gasteiger partial charge is 0.333 e. The lowest BCUT2D eigenvalue weighted by Crippen LogP contribution is -2.19. The zero-order valence-corrected chi connectivity index (χ0v) is 6.95. The lowest BCUT2D eigenvalue weighted by atomic mass is 10.2. The van der Waals surface area contributed by atoms with Crippen molar-refractivity contribution >= 4 is 5.97 Å². The van der Waals surface area contributed by atoms with E-state index in [0.29, 0.717) is 13.2 Å². The lowest BCUT2D eigenvalue weighted by molar-refractivity contribution is -0.134. The first-order valence-corrected chi connectivity index (χ1v) is 3.76. The number of epoxide rings is 1. The molecule has 1 N–H and O–H groups in total. The van der Waals surface area contributed by atoms with Crippen molar-refractivity contribution < 1.29 is 19.4 Å². The molecule has 1 fully saturated rings. The van der Waals surface area contributed by atoms with Crippen molar-refractivity contribution in [2.45, 2.75) is 19.1 Å². The fraction of sp³-hybridized carbons (Fsp3) is 0.625. The van der Waals surface area contributed by atoms with E-state index in [9.17, 15) is 4.79 Å². The minimum atomic E-state index is -1.01. The van der Waals surface area contributed by atoms with Crippen LogP contribution in [0.3, 0.4) is 0 Å². The SMILES string of the molecule is C=C(C(=O)O)C(C)OCC1CO1. The van der Waals surface area contributed by atoms with Crippen molar-refractivity contribution in [3.63, 3.8) is 0 Å². The van der Waals surface area contributed by atoms with E-state index in [1.807, 2.05) is 0 Å². The van der Waals surface area contributed by atoms with Crippen LogP contribution in [0.5, 0.6) is 0 Å². The van der Waals surface area contributed by atoms with E-state index >= 15 is 0 Å². The molecular formula is C8H12O4. The number of rotatable bonds is 5. The summed E-state index contributed by atoms with van der Waals surface area (Å²) in [5.74, 6) is -1.01. The lowest BCUT2D eigenvalue weighted by Gasteiger charge is -2.11. The molecule has 12 heavy (non-hydrogen) atoms. The van der Waals surface area contributed by atoms with Crippen molar-refractivity contribution in [3.05, 3.63) is 12.2 Å². The Morgan fingerprint density at radius 3 is 2.92 bits per heavy atom. The van der Waals surface area contributed by atoms with E-state index in [2.05, 4.69) is 6.58 Å². The van der Waals surface area contributed by atoms with Crippen molar-refractivity contribution in [3.8, 4) is 0 Å². The molecule has 4 nitrogen and oxygen atoms in total. The summed E-state index contributed by atoms with van der Waals surface area (Å²) in [5.41, 5.74) is 0.0793. The fourth-order valence-corrected chi connectivity index (χ4v) is 0.690. The van der Waals surface area contributed by atoms with Gasteiger partial charge in [0.15, 0.2) is 0 Å². The fourth-order valence-electron chi connectivity index (χ4n) is 0.690. The number of aliphatic carboxylic acids is 1. The highest BCUT2D eigenvalue weighted by Gasteiger charge is 2.24. The number of hydrogen-bond donors (Lipinski definition) is 1. The second-order valence-electron chi connectivity index (χ2n) is 2.76. The highest BCUT2D eigenvalue weighted by atomic mass is 16.6. The summed E-state index contributed by atoms with van der Waals surface area (Å²) in [4.78, 5) is 10.4. The van der Waals surface area contributed by atoms with Gasteiger partial charge in [0.1, 0.15) is 6.10 Å². The second kappa shape index (κ2) is 3.69. The summed E-state index contributed by atoms with van der Waals surface area (Å²) in [7, 11) is 0. The highest BCUT2D eigenvalue weighted by molar-refractivity contribution is 5.86. The molecule has 68 valence electrons. The van der Waals surface area contributed by atoms with Gasteiger partial charge in [0.05, 0.1) is 24.9 Å². The Kier molecular flexibility index (Phi) is 2.83. The highest BCUT2D eigenvalue weighted by Crippen LogP contribution is 2.12. The van der Waals surface area contributed by atoms with E-state index in [1.165, 1.54) is 0 Å². The summed E-state index contributed by atoms with van der Waals surface area (Å²) in [6, 6.07) is 0. The third-order valence-corrected chi connectivity index (χ3v) is 1.70. The summed E-state index contributed by atoms with van der Waals surface area (Å²) >= 11 is 0. The normalized spacial score (nSPS) is 23.2. The van der Waals surface area contributed by atoms with E-state index in [0.717, 1.165) is 0 Å². The Labute approximate surface area is 70.8 Å². The Hall–Kier alpha value is -0.870. The van der Waals surface area contributed by atoms with Crippen LogP contribution in [0.15, 0.2) is 12.2 Å². The largest absolute Gasteiger partial charge is 0.478 e. The molecule has 0 bridgehead atoms. The third-order valence-electron chi connectivity index (χ3n) is 1.70. The van der Waals surface area contributed by atoms with Crippen LogP contribution in [0.4, 0.5) is 0 Å². The van der Waals surface area contributed by atoms with Crippen LogP contribution in [0, 0.1) is 0 Å². The van der Waals surface area contributed by atoms with Gasteiger partial charge < -0.3 is 14.6 Å². The molecule has 1 aliphatic heterocycles. The molecule has 1 saturated heterocycles. The van der Waals surface area contributed by atoms with Crippen molar-refractivity contribution in [1.29, 1.82) is 0 Å². The molecule has 0 aliphatic carbocycles. The second-order valence-corrected chi connectivity index (χ2v) is 2.76. The summed E-state index contributed by atoms with van der Waals surface area (Å²) in [6.45, 7) is 6.22. The third kappa shape index (κ3) is 2.64. The maximum absolute atomic E-state index is 10.4. The maximum atomic E-state index is 10.4. The molecule has 1 heterocycles. The molecule has 1 aliphatic rings. The van der Waals surface area contributed by atoms with Gasteiger partial charge in [-0.2, -0.15) is 0 Å². The van der Waals surface area contributed by atoms with Crippen LogP contribution in [0.25, 0.3) is 0 Å². The first-order valence-electron chi connectivity index (χ1n) is 3.76. The van der Waals surface area contributed by atoms with Gasteiger partial charge in [-0.25, -0.2) is 4.79 Å². The van der Waals surface area contributed by atoms with Crippen LogP contribution in [0.2, 0.25) is 0 Å². The minimum Gasteiger partial charge on any atom is -0.478 e. The Balaban J connectivity index is 2.20. The molecule has 0 aromatic heterocycles. The van der Waals surface area contributed by atoms with Crippen LogP contribution >= 0.6 is 0 Å². The average Bonchev–Trinajstić information content (AvgIpc) is 2.81. The van der Waals surface area contributed by atoms with Gasteiger partial charge in [0.25, 0.3) is 0 Å². The molecular weight excluding hydrogens is 160 g/mol. The standard InChI is InChI=1S/C8H12O4/c1-5(8(9)10)6(2)11-3-7-4-12-7/h6-7H,1,3-4H2,2H3,(H,9,10). The van der Waals surface area contributed by atoms with Gasteiger partial charge in [-0.1, -0.05) is 6.58 Å². The molecule has 0 radical (unpaired) electrons. The number of ether oxygens (including phenoxy) is 2. The molecule has 0 aromatic carbocycles. The average molecular weight is 172 g/mol. The first-order chi connectivity index (χ1) is 5.61. The van der Waals surface area contributed by atoms with Crippen LogP contribution < -0.4 is 0 Å². The maximum Gasteiger partial charge on any atom is 0.333 e. The number of carbonyl (C=O) groups is 1. The predicted octanol–water partition coefficient (Wildman–Crippen LogP) is 0.431. The van der Waals surface area contributed by atoms with Crippen molar-refractivity contribution in [1.82, 2.24) is 0 Å². The van der Waals surface area contributed by atoms with Gasteiger partial charge in [-0.3, -0.25) is 0 Å². The molecule has 0 spiro atoms. The summed E-state index contributed by atoms with van der Waals surface area (Å²) < 4.78 is 10.1. The minimum absolute atomic E-state index is 0.0793. The van der Waals surface area contributed by atoms with E-state index in [-0.39, 0.29) is 11.7 Å². The van der Waals surface area contributed by atoms with E-state index < -0.39 is 12.1 Å². The Bertz CT molecular complexity index is 195. The monoisotopic (exact) mass is 172 g/mol.